The van der Waals surface area contributed by atoms with Crippen molar-refractivity contribution in [2.45, 2.75) is 13.0 Å². The Bertz CT molecular complexity index is 832. The number of hydrogen-bond donors (Lipinski definition) is 0. The Morgan fingerprint density at radius 2 is 2.04 bits per heavy atom. The van der Waals surface area contributed by atoms with Crippen LogP contribution in [0.5, 0.6) is 0 Å². The van der Waals surface area contributed by atoms with Gasteiger partial charge in [0.15, 0.2) is 0 Å². The van der Waals surface area contributed by atoms with Crippen molar-refractivity contribution in [3.05, 3.63) is 65.0 Å². The van der Waals surface area contributed by atoms with Gasteiger partial charge in [0.25, 0.3) is 5.91 Å². The molecule has 1 aliphatic heterocycles. The number of carbonyl (C=O) groups excluding carboxylic acids is 2. The largest absolute Gasteiger partial charge is 0.465 e. The molecule has 0 aliphatic carbocycles. The lowest BCUT2D eigenvalue weighted by molar-refractivity contribution is -0.131. The number of hydrogen-bond acceptors (Lipinski definition) is 5. The number of furan rings is 1. The molecule has 2 heterocycles. The average Bonchev–Trinajstić information content (AvgIpc) is 3.23. The van der Waals surface area contributed by atoms with Crippen molar-refractivity contribution in [2.75, 3.05) is 13.6 Å². The van der Waals surface area contributed by atoms with E-state index in [0.717, 1.165) is 5.56 Å². The fourth-order valence-corrected chi connectivity index (χ4v) is 3.83. The second kappa shape index (κ2) is 8.33. The smallest absolute Gasteiger partial charge is 0.266 e. The first-order valence-corrected chi connectivity index (χ1v) is 9.34. The van der Waals surface area contributed by atoms with Crippen molar-refractivity contribution in [2.24, 2.45) is 0 Å². The maximum Gasteiger partial charge on any atom is 0.266 e. The van der Waals surface area contributed by atoms with Crippen molar-refractivity contribution in [1.29, 1.82) is 0 Å². The van der Waals surface area contributed by atoms with Crippen LogP contribution >= 0.6 is 24.0 Å². The Balaban J connectivity index is 1.56. The minimum absolute atomic E-state index is 0.0297. The monoisotopic (exact) mass is 386 g/mol. The quantitative estimate of drug-likeness (QED) is 0.562. The summed E-state index contributed by atoms with van der Waals surface area (Å²) in [5, 5.41) is 0. The minimum atomic E-state index is -0.185. The molecule has 5 nitrogen and oxygen atoms in total. The molecular formula is C19H18N2O3S2. The fourth-order valence-electron chi connectivity index (χ4n) is 2.54. The van der Waals surface area contributed by atoms with E-state index >= 15 is 0 Å². The Labute approximate surface area is 161 Å². The van der Waals surface area contributed by atoms with Crippen LogP contribution in [0, 0.1) is 0 Å². The van der Waals surface area contributed by atoms with Gasteiger partial charge in [-0.1, -0.05) is 54.3 Å². The molecule has 26 heavy (non-hydrogen) atoms. The number of benzene rings is 1. The highest BCUT2D eigenvalue weighted by Gasteiger charge is 2.32. The van der Waals surface area contributed by atoms with Crippen LogP contribution in [0.2, 0.25) is 0 Å². The summed E-state index contributed by atoms with van der Waals surface area (Å²) in [6.07, 6.45) is 3.44. The maximum absolute atomic E-state index is 12.5. The van der Waals surface area contributed by atoms with Crippen molar-refractivity contribution in [1.82, 2.24) is 9.80 Å². The molecule has 0 radical (unpaired) electrons. The van der Waals surface area contributed by atoms with Gasteiger partial charge in [-0.05, 0) is 17.7 Å². The summed E-state index contributed by atoms with van der Waals surface area (Å²) in [5.41, 5.74) is 1.07. The highest BCUT2D eigenvalue weighted by atomic mass is 32.2. The highest BCUT2D eigenvalue weighted by molar-refractivity contribution is 8.26. The topological polar surface area (TPSA) is 53.8 Å². The Hall–Kier alpha value is -2.38. The Morgan fingerprint density at radius 3 is 2.73 bits per heavy atom. The first-order valence-electron chi connectivity index (χ1n) is 8.11. The van der Waals surface area contributed by atoms with Gasteiger partial charge in [0.1, 0.15) is 10.1 Å². The first kappa shape index (κ1) is 18.4. The third-order valence-corrected chi connectivity index (χ3v) is 5.31. The lowest BCUT2D eigenvalue weighted by Gasteiger charge is -2.19. The van der Waals surface area contributed by atoms with Crippen LogP contribution in [0.4, 0.5) is 0 Å². The predicted molar refractivity (Wildman–Crippen MR) is 106 cm³/mol. The Kier molecular flexibility index (Phi) is 5.90. The van der Waals surface area contributed by atoms with Gasteiger partial charge >= 0.3 is 0 Å². The lowest BCUT2D eigenvalue weighted by Crippen LogP contribution is -2.34. The van der Waals surface area contributed by atoms with Gasteiger partial charge in [-0.25, -0.2) is 0 Å². The predicted octanol–water partition coefficient (Wildman–Crippen LogP) is 3.53. The van der Waals surface area contributed by atoms with Crippen molar-refractivity contribution in [3.8, 4) is 0 Å². The number of thiocarbonyl (C=S) groups is 1. The summed E-state index contributed by atoms with van der Waals surface area (Å²) in [4.78, 5) is 28.5. The van der Waals surface area contributed by atoms with E-state index in [1.165, 1.54) is 16.7 Å². The second-order valence-corrected chi connectivity index (χ2v) is 7.51. The molecule has 1 fully saturated rings. The standard InChI is InChI=1S/C19H18N2O3S2/c1-20(13-14-6-3-2-4-7-14)17(22)9-10-21-18(23)16(26-19(21)25)12-15-8-5-11-24-15/h2-8,11-12H,9-10,13H2,1H3. The summed E-state index contributed by atoms with van der Waals surface area (Å²) in [7, 11) is 1.76. The zero-order chi connectivity index (χ0) is 18.5. The SMILES string of the molecule is CN(Cc1ccccc1)C(=O)CCN1C(=O)C(=Cc2ccco2)SC1=S. The molecular weight excluding hydrogens is 368 g/mol. The van der Waals surface area contributed by atoms with Gasteiger partial charge in [-0.2, -0.15) is 0 Å². The lowest BCUT2D eigenvalue weighted by atomic mass is 10.2. The molecule has 0 bridgehead atoms. The average molecular weight is 386 g/mol. The zero-order valence-corrected chi connectivity index (χ0v) is 15.9. The first-order chi connectivity index (χ1) is 12.5. The van der Waals surface area contributed by atoms with Gasteiger partial charge in [0.05, 0.1) is 11.2 Å². The van der Waals surface area contributed by atoms with Crippen LogP contribution < -0.4 is 0 Å². The molecule has 0 unspecified atom stereocenters. The van der Waals surface area contributed by atoms with E-state index in [4.69, 9.17) is 16.6 Å². The molecule has 0 saturated carbocycles. The summed E-state index contributed by atoms with van der Waals surface area (Å²) in [6.45, 7) is 0.814. The van der Waals surface area contributed by atoms with Gasteiger partial charge in [-0.15, -0.1) is 0 Å². The summed E-state index contributed by atoms with van der Waals surface area (Å²) < 4.78 is 5.70. The number of thioether (sulfide) groups is 1. The van der Waals surface area contributed by atoms with Crippen LogP contribution in [-0.4, -0.2) is 39.5 Å². The summed E-state index contributed by atoms with van der Waals surface area (Å²) in [6, 6.07) is 13.3. The molecule has 1 aliphatic rings. The van der Waals surface area contributed by atoms with Crippen molar-refractivity contribution in [3.63, 3.8) is 0 Å². The molecule has 0 atom stereocenters. The van der Waals surface area contributed by atoms with E-state index in [1.54, 1.807) is 36.4 Å². The van der Waals surface area contributed by atoms with Crippen LogP contribution in [0.1, 0.15) is 17.7 Å². The van der Waals surface area contributed by atoms with Crippen LogP contribution in [0.15, 0.2) is 58.1 Å². The van der Waals surface area contributed by atoms with E-state index in [9.17, 15) is 9.59 Å². The van der Waals surface area contributed by atoms with Gasteiger partial charge in [-0.3, -0.25) is 14.5 Å². The van der Waals surface area contributed by atoms with Gasteiger partial charge in [0, 0.05) is 32.6 Å². The maximum atomic E-state index is 12.5. The highest BCUT2D eigenvalue weighted by Crippen LogP contribution is 2.32. The molecule has 1 saturated heterocycles. The Morgan fingerprint density at radius 1 is 1.27 bits per heavy atom. The van der Waals surface area contributed by atoms with Crippen molar-refractivity contribution < 1.29 is 14.0 Å². The molecule has 1 aromatic heterocycles. The molecule has 1 aromatic carbocycles. The molecule has 2 aromatic rings. The fraction of sp³-hybridized carbons (Fsp3) is 0.211. The van der Waals surface area contributed by atoms with Crippen molar-refractivity contribution >= 4 is 46.2 Å². The van der Waals surface area contributed by atoms with Crippen LogP contribution in [0.3, 0.4) is 0 Å². The normalized spacial score (nSPS) is 15.7. The number of rotatable bonds is 6. The molecule has 7 heteroatoms. The number of carbonyl (C=O) groups is 2. The number of nitrogens with zero attached hydrogens (tertiary/aromatic N) is 2. The van der Waals surface area contributed by atoms with E-state index in [0.29, 0.717) is 21.5 Å². The molecule has 0 N–H and O–H groups in total. The van der Waals surface area contributed by atoms with E-state index in [-0.39, 0.29) is 24.8 Å². The third kappa shape index (κ3) is 4.42. The molecule has 3 rings (SSSR count). The molecule has 0 spiro atoms. The molecule has 134 valence electrons. The van der Waals surface area contributed by atoms with Gasteiger partial charge in [0.2, 0.25) is 5.91 Å². The van der Waals surface area contributed by atoms with Gasteiger partial charge < -0.3 is 9.32 Å². The summed E-state index contributed by atoms with van der Waals surface area (Å²) >= 11 is 6.51. The van der Waals surface area contributed by atoms with E-state index in [1.807, 2.05) is 30.3 Å². The summed E-state index contributed by atoms with van der Waals surface area (Å²) in [5.74, 6) is 0.386. The van der Waals surface area contributed by atoms with E-state index in [2.05, 4.69) is 0 Å². The second-order valence-electron chi connectivity index (χ2n) is 5.83. The third-order valence-electron chi connectivity index (χ3n) is 3.93. The van der Waals surface area contributed by atoms with Crippen LogP contribution in [-0.2, 0) is 16.1 Å². The minimum Gasteiger partial charge on any atom is -0.465 e. The van der Waals surface area contributed by atoms with Crippen LogP contribution in [0.25, 0.3) is 6.08 Å². The molecule has 2 amide bonds. The van der Waals surface area contributed by atoms with E-state index < -0.39 is 0 Å². The zero-order valence-electron chi connectivity index (χ0n) is 14.3. The number of amides is 2.